The average Bonchev–Trinajstić information content (AvgIpc) is 2.60. The van der Waals surface area contributed by atoms with E-state index in [1.165, 1.54) is 43.3 Å². The molecule has 9 nitrogen and oxygen atoms in total. The van der Waals surface area contributed by atoms with Gasteiger partial charge in [0.1, 0.15) is 0 Å². The molecular weight excluding hydrogens is 328 g/mol. The lowest BCUT2D eigenvalue weighted by atomic mass is 10.1. The largest absolute Gasteiger partial charge is 0.321 e. The Balaban J connectivity index is 2.16. The Labute approximate surface area is 142 Å². The second-order valence-corrected chi connectivity index (χ2v) is 4.94. The summed E-state index contributed by atoms with van der Waals surface area (Å²) in [7, 11) is 0. The van der Waals surface area contributed by atoms with Crippen LogP contribution in [-0.4, -0.2) is 22.6 Å². The van der Waals surface area contributed by atoms with Crippen LogP contribution in [0.3, 0.4) is 0 Å². The van der Waals surface area contributed by atoms with Gasteiger partial charge >= 0.3 is 0 Å². The molecule has 0 aliphatic rings. The lowest BCUT2D eigenvalue weighted by Gasteiger charge is -2.11. The lowest BCUT2D eigenvalue weighted by molar-refractivity contribution is -0.384. The molecule has 0 bridgehead atoms. The monoisotopic (exact) mass is 342 g/mol. The third kappa shape index (κ3) is 4.61. The SMILES string of the molecule is CC(=O)NNC(=O)c1ccccc1NC(=O)c1ccc([N+](=O)[O-])cc1. The Kier molecular flexibility index (Phi) is 5.41. The highest BCUT2D eigenvalue weighted by molar-refractivity contribution is 6.09. The predicted octanol–water partition coefficient (Wildman–Crippen LogP) is 1.63. The smallest absolute Gasteiger partial charge is 0.271 e. The van der Waals surface area contributed by atoms with Gasteiger partial charge in [-0.25, -0.2) is 0 Å². The zero-order chi connectivity index (χ0) is 18.4. The van der Waals surface area contributed by atoms with Crippen LogP contribution in [0.15, 0.2) is 48.5 Å². The minimum absolute atomic E-state index is 0.133. The molecule has 3 amide bonds. The first-order valence-electron chi connectivity index (χ1n) is 7.10. The van der Waals surface area contributed by atoms with Crippen LogP contribution in [0.4, 0.5) is 11.4 Å². The zero-order valence-corrected chi connectivity index (χ0v) is 13.1. The topological polar surface area (TPSA) is 130 Å². The number of benzene rings is 2. The number of nitro benzene ring substituents is 1. The van der Waals surface area contributed by atoms with Crippen LogP contribution in [0.5, 0.6) is 0 Å². The fraction of sp³-hybridized carbons (Fsp3) is 0.0625. The standard InChI is InChI=1S/C16H14N4O5/c1-10(21)18-19-16(23)13-4-2-3-5-14(13)17-15(22)11-6-8-12(9-7-11)20(24)25/h2-9H,1H3,(H,17,22)(H,18,21)(H,19,23). The van der Waals surface area contributed by atoms with Crippen molar-refractivity contribution >= 4 is 29.1 Å². The van der Waals surface area contributed by atoms with E-state index in [0.29, 0.717) is 0 Å². The van der Waals surface area contributed by atoms with Crippen LogP contribution in [0.2, 0.25) is 0 Å². The molecule has 0 aromatic heterocycles. The highest BCUT2D eigenvalue weighted by atomic mass is 16.6. The van der Waals surface area contributed by atoms with E-state index in [2.05, 4.69) is 16.2 Å². The first-order valence-corrected chi connectivity index (χ1v) is 7.10. The number of non-ortho nitro benzene ring substituents is 1. The average molecular weight is 342 g/mol. The maximum atomic E-state index is 12.3. The van der Waals surface area contributed by atoms with E-state index in [1.54, 1.807) is 12.1 Å². The van der Waals surface area contributed by atoms with Crippen LogP contribution >= 0.6 is 0 Å². The molecule has 3 N–H and O–H groups in total. The van der Waals surface area contributed by atoms with Crippen molar-refractivity contribution in [1.82, 2.24) is 10.9 Å². The number of hydrogen-bond acceptors (Lipinski definition) is 5. The number of hydrazine groups is 1. The Morgan fingerprint density at radius 2 is 1.56 bits per heavy atom. The molecule has 0 atom stereocenters. The summed E-state index contributed by atoms with van der Waals surface area (Å²) in [5.41, 5.74) is 4.80. The van der Waals surface area contributed by atoms with Gasteiger partial charge in [0.15, 0.2) is 0 Å². The molecular formula is C16H14N4O5. The third-order valence-electron chi connectivity index (χ3n) is 3.11. The Morgan fingerprint density at radius 1 is 0.920 bits per heavy atom. The van der Waals surface area contributed by atoms with Crippen molar-refractivity contribution in [3.05, 3.63) is 69.8 Å². The highest BCUT2D eigenvalue weighted by Crippen LogP contribution is 2.17. The van der Waals surface area contributed by atoms with E-state index in [1.807, 2.05) is 0 Å². The van der Waals surface area contributed by atoms with Gasteiger partial charge < -0.3 is 5.32 Å². The number of nitrogens with one attached hydrogen (secondary N) is 3. The first kappa shape index (κ1) is 17.6. The molecule has 25 heavy (non-hydrogen) atoms. The number of carbonyl (C=O) groups excluding carboxylic acids is 3. The van der Waals surface area contributed by atoms with Crippen molar-refractivity contribution in [2.45, 2.75) is 6.92 Å². The lowest BCUT2D eigenvalue weighted by Crippen LogP contribution is -2.40. The van der Waals surface area contributed by atoms with Gasteiger partial charge in [-0.2, -0.15) is 0 Å². The summed E-state index contributed by atoms with van der Waals surface area (Å²) in [5.74, 6) is -1.58. The minimum atomic E-state index is -0.602. The number of nitro groups is 1. The molecule has 128 valence electrons. The molecule has 2 rings (SSSR count). The Morgan fingerprint density at radius 3 is 2.16 bits per heavy atom. The molecule has 0 saturated carbocycles. The van der Waals surface area contributed by atoms with Gasteiger partial charge in [0.25, 0.3) is 17.5 Å². The van der Waals surface area contributed by atoms with E-state index in [4.69, 9.17) is 0 Å². The highest BCUT2D eigenvalue weighted by Gasteiger charge is 2.15. The van der Waals surface area contributed by atoms with Crippen molar-refractivity contribution in [3.8, 4) is 0 Å². The van der Waals surface area contributed by atoms with Crippen molar-refractivity contribution < 1.29 is 19.3 Å². The van der Waals surface area contributed by atoms with Crippen LogP contribution in [-0.2, 0) is 4.79 Å². The van der Waals surface area contributed by atoms with Crippen molar-refractivity contribution in [1.29, 1.82) is 0 Å². The maximum Gasteiger partial charge on any atom is 0.271 e. The molecule has 0 saturated heterocycles. The van der Waals surface area contributed by atoms with Gasteiger partial charge in [0.05, 0.1) is 16.2 Å². The van der Waals surface area contributed by atoms with Crippen LogP contribution < -0.4 is 16.2 Å². The maximum absolute atomic E-state index is 12.3. The quantitative estimate of drug-likeness (QED) is 0.574. The summed E-state index contributed by atoms with van der Waals surface area (Å²) in [6, 6.07) is 11.3. The molecule has 2 aromatic carbocycles. The number of para-hydroxylation sites is 1. The van der Waals surface area contributed by atoms with Crippen LogP contribution in [0.25, 0.3) is 0 Å². The molecule has 9 heteroatoms. The molecule has 0 radical (unpaired) electrons. The van der Waals surface area contributed by atoms with Crippen molar-refractivity contribution in [2.24, 2.45) is 0 Å². The fourth-order valence-corrected chi connectivity index (χ4v) is 1.93. The minimum Gasteiger partial charge on any atom is -0.321 e. The third-order valence-corrected chi connectivity index (χ3v) is 3.11. The van der Waals surface area contributed by atoms with Gasteiger partial charge in [-0.1, -0.05) is 12.1 Å². The van der Waals surface area contributed by atoms with Crippen LogP contribution in [0, 0.1) is 10.1 Å². The summed E-state index contributed by atoms with van der Waals surface area (Å²) in [6.07, 6.45) is 0. The van der Waals surface area contributed by atoms with E-state index in [9.17, 15) is 24.5 Å². The molecule has 0 spiro atoms. The molecule has 2 aromatic rings. The summed E-state index contributed by atoms with van der Waals surface area (Å²) >= 11 is 0. The second kappa shape index (κ2) is 7.68. The summed E-state index contributed by atoms with van der Waals surface area (Å²) in [6.45, 7) is 1.24. The Hall–Kier alpha value is -3.75. The van der Waals surface area contributed by atoms with E-state index in [-0.39, 0.29) is 22.5 Å². The van der Waals surface area contributed by atoms with Crippen molar-refractivity contribution in [2.75, 3.05) is 5.32 Å². The first-order chi connectivity index (χ1) is 11.9. The number of rotatable bonds is 4. The van der Waals surface area contributed by atoms with E-state index in [0.717, 1.165) is 0 Å². The van der Waals surface area contributed by atoms with Gasteiger partial charge in [-0.15, -0.1) is 0 Å². The second-order valence-electron chi connectivity index (χ2n) is 4.94. The molecule has 0 heterocycles. The number of carbonyl (C=O) groups is 3. The van der Waals surface area contributed by atoms with E-state index >= 15 is 0 Å². The van der Waals surface area contributed by atoms with Crippen molar-refractivity contribution in [3.63, 3.8) is 0 Å². The normalized spacial score (nSPS) is 9.80. The number of nitrogens with zero attached hydrogens (tertiary/aromatic N) is 1. The molecule has 0 fully saturated rings. The van der Waals surface area contributed by atoms with Gasteiger partial charge in [0.2, 0.25) is 5.91 Å². The van der Waals surface area contributed by atoms with Gasteiger partial charge in [0, 0.05) is 24.6 Å². The summed E-state index contributed by atoms with van der Waals surface area (Å²) in [4.78, 5) is 45.2. The molecule has 0 aliphatic heterocycles. The Bertz CT molecular complexity index is 833. The van der Waals surface area contributed by atoms with Crippen LogP contribution in [0.1, 0.15) is 27.6 Å². The number of anilines is 1. The number of hydrogen-bond donors (Lipinski definition) is 3. The zero-order valence-electron chi connectivity index (χ0n) is 13.1. The summed E-state index contributed by atoms with van der Waals surface area (Å²) in [5, 5.41) is 13.2. The molecule has 0 unspecified atom stereocenters. The number of amides is 3. The molecule has 0 aliphatic carbocycles. The fourth-order valence-electron chi connectivity index (χ4n) is 1.93. The van der Waals surface area contributed by atoms with Gasteiger partial charge in [-0.05, 0) is 24.3 Å². The summed E-state index contributed by atoms with van der Waals surface area (Å²) < 4.78 is 0. The predicted molar refractivity (Wildman–Crippen MR) is 88.8 cm³/mol. The van der Waals surface area contributed by atoms with E-state index < -0.39 is 22.6 Å². The van der Waals surface area contributed by atoms with Gasteiger partial charge in [-0.3, -0.25) is 35.3 Å².